The van der Waals surface area contributed by atoms with Crippen LogP contribution in [0.3, 0.4) is 0 Å². The average molecular weight is 262 g/mol. The van der Waals surface area contributed by atoms with Crippen LogP contribution in [0.25, 0.3) is 0 Å². The third kappa shape index (κ3) is 4.23. The maximum atomic E-state index is 11.2. The summed E-state index contributed by atoms with van der Waals surface area (Å²) in [4.78, 5) is 2.17. The molecule has 0 amide bonds. The predicted octanol–water partition coefficient (Wildman–Crippen LogP) is 0.870. The molecule has 2 atom stereocenters. The fraction of sp³-hybridized carbons (Fsp3) is 1.00. The second-order valence-corrected chi connectivity index (χ2v) is 7.94. The van der Waals surface area contributed by atoms with Gasteiger partial charge in [0.1, 0.15) is 9.84 Å². The highest BCUT2D eigenvalue weighted by molar-refractivity contribution is 7.90. The summed E-state index contributed by atoms with van der Waals surface area (Å²) in [6.45, 7) is 3.47. The first-order valence-electron chi connectivity index (χ1n) is 6.38. The van der Waals surface area contributed by atoms with Crippen LogP contribution in [-0.2, 0) is 9.84 Å². The van der Waals surface area contributed by atoms with Crippen molar-refractivity contribution in [2.75, 3.05) is 32.1 Å². The second kappa shape index (κ2) is 5.67. The van der Waals surface area contributed by atoms with E-state index < -0.39 is 9.84 Å². The van der Waals surface area contributed by atoms with E-state index in [1.807, 2.05) is 7.05 Å². The van der Waals surface area contributed by atoms with Crippen LogP contribution in [0.2, 0.25) is 0 Å². The zero-order valence-corrected chi connectivity index (χ0v) is 12.1. The fourth-order valence-corrected chi connectivity index (χ4v) is 3.47. The summed E-state index contributed by atoms with van der Waals surface area (Å²) in [6, 6.07) is 0. The molecular weight excluding hydrogens is 236 g/mol. The van der Waals surface area contributed by atoms with Gasteiger partial charge in [-0.1, -0.05) is 19.8 Å². The van der Waals surface area contributed by atoms with Gasteiger partial charge in [0.05, 0.1) is 5.75 Å². The summed E-state index contributed by atoms with van der Waals surface area (Å²) in [5.41, 5.74) is 5.97. The Morgan fingerprint density at radius 3 is 2.59 bits per heavy atom. The van der Waals surface area contributed by atoms with E-state index in [1.54, 1.807) is 0 Å². The van der Waals surface area contributed by atoms with Crippen molar-refractivity contribution in [1.29, 1.82) is 0 Å². The van der Waals surface area contributed by atoms with E-state index in [4.69, 9.17) is 5.73 Å². The monoisotopic (exact) mass is 262 g/mol. The van der Waals surface area contributed by atoms with Crippen molar-refractivity contribution in [3.05, 3.63) is 0 Å². The molecule has 1 saturated carbocycles. The van der Waals surface area contributed by atoms with Gasteiger partial charge in [0, 0.05) is 24.9 Å². The molecule has 5 heteroatoms. The molecule has 0 bridgehead atoms. The van der Waals surface area contributed by atoms with Crippen molar-refractivity contribution in [1.82, 2.24) is 4.90 Å². The van der Waals surface area contributed by atoms with E-state index in [0.717, 1.165) is 12.8 Å². The third-order valence-corrected chi connectivity index (χ3v) is 4.98. The number of nitrogens with zero attached hydrogens (tertiary/aromatic N) is 1. The predicted molar refractivity (Wildman–Crippen MR) is 71.8 cm³/mol. The molecule has 0 spiro atoms. The van der Waals surface area contributed by atoms with Crippen molar-refractivity contribution in [3.8, 4) is 0 Å². The van der Waals surface area contributed by atoms with E-state index >= 15 is 0 Å². The SMILES string of the molecule is CC1CCCC(CN)(N(C)CCS(C)(=O)=O)C1. The van der Waals surface area contributed by atoms with Crippen LogP contribution >= 0.6 is 0 Å². The van der Waals surface area contributed by atoms with Gasteiger partial charge >= 0.3 is 0 Å². The van der Waals surface area contributed by atoms with Crippen molar-refractivity contribution in [3.63, 3.8) is 0 Å². The minimum atomic E-state index is -2.89. The van der Waals surface area contributed by atoms with Crippen LogP contribution in [0.5, 0.6) is 0 Å². The highest BCUT2D eigenvalue weighted by Crippen LogP contribution is 2.35. The molecule has 0 aromatic rings. The Hall–Kier alpha value is -0.130. The van der Waals surface area contributed by atoms with Gasteiger partial charge in [0.25, 0.3) is 0 Å². The molecule has 1 rings (SSSR count). The molecule has 4 nitrogen and oxygen atoms in total. The number of sulfone groups is 1. The first-order valence-corrected chi connectivity index (χ1v) is 8.44. The first kappa shape index (κ1) is 14.9. The molecule has 0 aliphatic heterocycles. The summed E-state index contributed by atoms with van der Waals surface area (Å²) >= 11 is 0. The summed E-state index contributed by atoms with van der Waals surface area (Å²) in [7, 11) is -0.879. The van der Waals surface area contributed by atoms with Gasteiger partial charge in [-0.15, -0.1) is 0 Å². The van der Waals surface area contributed by atoms with Gasteiger partial charge in [-0.2, -0.15) is 0 Å². The molecule has 102 valence electrons. The normalized spacial score (nSPS) is 30.8. The van der Waals surface area contributed by atoms with Crippen LogP contribution in [0.15, 0.2) is 0 Å². The Morgan fingerprint density at radius 1 is 1.47 bits per heavy atom. The van der Waals surface area contributed by atoms with Crippen LogP contribution in [0.4, 0.5) is 0 Å². The van der Waals surface area contributed by atoms with Crippen LogP contribution < -0.4 is 5.73 Å². The van der Waals surface area contributed by atoms with Crippen molar-refractivity contribution in [2.45, 2.75) is 38.1 Å². The summed E-state index contributed by atoms with van der Waals surface area (Å²) in [5.74, 6) is 0.910. The van der Waals surface area contributed by atoms with Crippen LogP contribution in [0, 0.1) is 5.92 Å². The van der Waals surface area contributed by atoms with Gasteiger partial charge in [-0.25, -0.2) is 8.42 Å². The number of rotatable bonds is 5. The topological polar surface area (TPSA) is 63.4 Å². The Balaban J connectivity index is 2.65. The van der Waals surface area contributed by atoms with Gasteiger partial charge in [0.15, 0.2) is 0 Å². The largest absolute Gasteiger partial charge is 0.329 e. The lowest BCUT2D eigenvalue weighted by Crippen LogP contribution is -2.55. The van der Waals surface area contributed by atoms with E-state index in [-0.39, 0.29) is 11.3 Å². The molecule has 0 aromatic carbocycles. The number of nitrogens with two attached hydrogens (primary N) is 1. The molecule has 0 radical (unpaired) electrons. The molecule has 1 aliphatic carbocycles. The minimum absolute atomic E-state index is 0.0162. The maximum Gasteiger partial charge on any atom is 0.148 e. The molecule has 0 saturated heterocycles. The lowest BCUT2D eigenvalue weighted by molar-refractivity contribution is 0.0669. The Morgan fingerprint density at radius 2 is 2.12 bits per heavy atom. The van der Waals surface area contributed by atoms with E-state index in [1.165, 1.54) is 19.1 Å². The van der Waals surface area contributed by atoms with E-state index in [2.05, 4.69) is 11.8 Å². The average Bonchev–Trinajstić information content (AvgIpc) is 2.24. The zero-order chi connectivity index (χ0) is 13.1. The van der Waals surface area contributed by atoms with Gasteiger partial charge in [0.2, 0.25) is 0 Å². The smallest absolute Gasteiger partial charge is 0.148 e. The summed E-state index contributed by atoms with van der Waals surface area (Å²) in [5, 5.41) is 0. The maximum absolute atomic E-state index is 11.2. The highest BCUT2D eigenvalue weighted by atomic mass is 32.2. The zero-order valence-electron chi connectivity index (χ0n) is 11.3. The molecule has 1 aliphatic rings. The summed E-state index contributed by atoms with van der Waals surface area (Å²) in [6.07, 6.45) is 5.93. The second-order valence-electron chi connectivity index (χ2n) is 5.68. The Labute approximate surface area is 105 Å². The fourth-order valence-electron chi connectivity index (χ4n) is 2.86. The van der Waals surface area contributed by atoms with Gasteiger partial charge < -0.3 is 5.73 Å². The standard InChI is InChI=1S/C12H26N2O2S/c1-11-5-4-6-12(9-11,10-13)14(2)7-8-17(3,15)16/h11H,4-10,13H2,1-3H3. The lowest BCUT2D eigenvalue weighted by atomic mass is 9.75. The molecule has 1 fully saturated rings. The summed E-state index contributed by atoms with van der Waals surface area (Å²) < 4.78 is 22.4. The molecule has 0 heterocycles. The number of hydrogen-bond acceptors (Lipinski definition) is 4. The lowest BCUT2D eigenvalue weighted by Gasteiger charge is -2.46. The van der Waals surface area contributed by atoms with E-state index in [0.29, 0.717) is 19.0 Å². The molecule has 2 N–H and O–H groups in total. The van der Waals surface area contributed by atoms with Crippen LogP contribution in [-0.4, -0.2) is 51.0 Å². The van der Waals surface area contributed by atoms with Crippen molar-refractivity contribution < 1.29 is 8.42 Å². The van der Waals surface area contributed by atoms with Gasteiger partial charge in [-0.3, -0.25) is 4.90 Å². The number of likely N-dealkylation sites (N-methyl/N-ethyl adjacent to an activating group) is 1. The first-order chi connectivity index (χ1) is 7.79. The minimum Gasteiger partial charge on any atom is -0.329 e. The number of hydrogen-bond donors (Lipinski definition) is 1. The molecule has 2 unspecified atom stereocenters. The van der Waals surface area contributed by atoms with Crippen molar-refractivity contribution in [2.24, 2.45) is 11.7 Å². The van der Waals surface area contributed by atoms with Gasteiger partial charge in [-0.05, 0) is 25.8 Å². The molecular formula is C12H26N2O2S. The Bertz CT molecular complexity index is 342. The Kier molecular flexibility index (Phi) is 4.98. The highest BCUT2D eigenvalue weighted by Gasteiger charge is 2.37. The molecule has 17 heavy (non-hydrogen) atoms. The third-order valence-electron chi connectivity index (χ3n) is 4.05. The van der Waals surface area contributed by atoms with Crippen molar-refractivity contribution >= 4 is 9.84 Å². The quantitative estimate of drug-likeness (QED) is 0.798. The van der Waals surface area contributed by atoms with Crippen LogP contribution in [0.1, 0.15) is 32.6 Å². The molecule has 0 aromatic heterocycles. The van der Waals surface area contributed by atoms with E-state index in [9.17, 15) is 8.42 Å².